The van der Waals surface area contributed by atoms with Crippen LogP contribution in [-0.2, 0) is 44.4 Å². The first-order valence-electron chi connectivity index (χ1n) is 5.95. The maximum atomic E-state index is 11.7. The van der Waals surface area contributed by atoms with Crippen LogP contribution >= 0.6 is 12.6 Å². The number of nitrogens with zero attached hydrogens (tertiary/aromatic N) is 1. The van der Waals surface area contributed by atoms with Crippen molar-refractivity contribution in [3.05, 3.63) is 0 Å². The highest BCUT2D eigenvalue weighted by Crippen LogP contribution is 2.02. The molecule has 0 aromatic heterocycles. The van der Waals surface area contributed by atoms with Gasteiger partial charge in [-0.25, -0.2) is 8.15 Å². The molecule has 0 heterocycles. The number of carboxylic acid groups (broad SMARTS) is 2. The lowest BCUT2D eigenvalue weighted by atomic mass is 10.1. The maximum Gasteiger partial charge on any atom is 0.372 e. The van der Waals surface area contributed by atoms with Gasteiger partial charge in [-0.2, -0.15) is 12.6 Å². The molecule has 0 rings (SSSR count). The summed E-state index contributed by atoms with van der Waals surface area (Å²) in [5.74, 6) is -3.81. The summed E-state index contributed by atoms with van der Waals surface area (Å²) < 4.78 is 0.644. The van der Waals surface area contributed by atoms with Gasteiger partial charge in [0.15, 0.2) is 0 Å². The van der Waals surface area contributed by atoms with Gasteiger partial charge in [0, 0.05) is 18.6 Å². The number of thiol groups is 1. The van der Waals surface area contributed by atoms with Crippen molar-refractivity contribution in [1.82, 2.24) is 10.6 Å². The van der Waals surface area contributed by atoms with Crippen LogP contribution in [0.15, 0.2) is 0 Å². The SMILES string of the molecule is O=C(O)CNC(=O)[C@H](CS)NC(=O)CC[C@@H](C(=O)O)[N+](=S)[S-]. The molecule has 0 bridgehead atoms. The first-order chi connectivity index (χ1) is 10.2. The zero-order chi connectivity index (χ0) is 17.3. The minimum atomic E-state index is -1.25. The molecule has 0 spiro atoms. The second-order valence-corrected chi connectivity index (χ2v) is 5.48. The van der Waals surface area contributed by atoms with Crippen LogP contribution < -0.4 is 10.6 Å². The molecule has 9 nitrogen and oxygen atoms in total. The smallest absolute Gasteiger partial charge is 0.372 e. The number of carbonyl (C=O) groups excluding carboxylic acids is 2. The fraction of sp³-hybridized carbons (Fsp3) is 0.600. The third-order valence-corrected chi connectivity index (χ3v) is 3.31. The Labute approximate surface area is 142 Å². The first-order valence-corrected chi connectivity index (χ1v) is 7.31. The Morgan fingerprint density at radius 3 is 2.27 bits per heavy atom. The lowest BCUT2D eigenvalue weighted by Gasteiger charge is -2.16. The lowest BCUT2D eigenvalue weighted by Crippen LogP contribution is -2.49. The van der Waals surface area contributed by atoms with Crippen molar-refractivity contribution in [3.63, 3.8) is 0 Å². The van der Waals surface area contributed by atoms with Crippen LogP contribution in [0.25, 0.3) is 0 Å². The predicted molar refractivity (Wildman–Crippen MR) is 82.1 cm³/mol. The topological polar surface area (TPSA) is 136 Å². The van der Waals surface area contributed by atoms with Gasteiger partial charge in [0.05, 0.1) is 0 Å². The van der Waals surface area contributed by atoms with E-state index < -0.39 is 42.4 Å². The van der Waals surface area contributed by atoms with Crippen molar-refractivity contribution >= 4 is 61.6 Å². The third kappa shape index (κ3) is 8.05. The van der Waals surface area contributed by atoms with Gasteiger partial charge in [-0.05, 0) is 0 Å². The van der Waals surface area contributed by atoms with Gasteiger partial charge in [0.1, 0.15) is 12.6 Å². The molecule has 2 atom stereocenters. The Balaban J connectivity index is 4.42. The largest absolute Gasteiger partial charge is 0.480 e. The highest BCUT2D eigenvalue weighted by atomic mass is 32.2. The van der Waals surface area contributed by atoms with E-state index in [-0.39, 0.29) is 18.6 Å². The normalized spacial score (nSPS) is 12.8. The Morgan fingerprint density at radius 2 is 1.86 bits per heavy atom. The van der Waals surface area contributed by atoms with Gasteiger partial charge in [0.2, 0.25) is 17.9 Å². The summed E-state index contributed by atoms with van der Waals surface area (Å²) in [6, 6.07) is -2.20. The molecule has 0 aromatic rings. The molecule has 4 N–H and O–H groups in total. The number of carbonyl (C=O) groups is 4. The number of rotatable bonds is 10. The van der Waals surface area contributed by atoms with E-state index in [0.29, 0.717) is 3.35 Å². The van der Waals surface area contributed by atoms with Gasteiger partial charge in [-0.1, -0.05) is 25.2 Å². The lowest BCUT2D eigenvalue weighted by molar-refractivity contribution is -0.357. The summed E-state index contributed by atoms with van der Waals surface area (Å²) in [6.07, 6.45) is -0.332. The van der Waals surface area contributed by atoms with Crippen molar-refractivity contribution in [2.45, 2.75) is 24.9 Å². The van der Waals surface area contributed by atoms with Crippen molar-refractivity contribution in [2.75, 3.05) is 12.3 Å². The number of hydrogen-bond donors (Lipinski definition) is 5. The summed E-state index contributed by atoms with van der Waals surface area (Å²) in [7, 11) is 0. The summed E-state index contributed by atoms with van der Waals surface area (Å²) in [4.78, 5) is 44.5. The standard InChI is InChI=1S/C10H15N3O6S3/c14-7(2-1-6(10(18)19)13(21)22)12-5(4-20)9(17)11-3-8(15)16/h5-6,20H,1-4H2,(H,11,17)(H,12,14)(H,15,16)(H,18,19)/t5-,6-/m0/s1. The number of nitrogens with one attached hydrogen (secondary N) is 2. The third-order valence-electron chi connectivity index (χ3n) is 2.43. The first kappa shape index (κ1) is 20.5. The number of aliphatic carboxylic acids is 2. The number of amides is 2. The second-order valence-electron chi connectivity index (χ2n) is 4.09. The fourth-order valence-corrected chi connectivity index (χ4v) is 1.98. The monoisotopic (exact) mass is 369 g/mol. The molecule has 0 radical (unpaired) electrons. The Kier molecular flexibility index (Phi) is 9.53. The van der Waals surface area contributed by atoms with E-state index in [4.69, 9.17) is 10.2 Å². The van der Waals surface area contributed by atoms with Crippen molar-refractivity contribution in [1.29, 1.82) is 0 Å². The molecule has 0 saturated carbocycles. The molecule has 0 fully saturated rings. The van der Waals surface area contributed by atoms with Gasteiger partial charge in [0.25, 0.3) is 0 Å². The number of hydrogen-bond acceptors (Lipinski definition) is 7. The zero-order valence-corrected chi connectivity index (χ0v) is 13.7. The Morgan fingerprint density at radius 1 is 1.27 bits per heavy atom. The Bertz CT molecular complexity index is 459. The molecule has 0 aliphatic rings. The van der Waals surface area contributed by atoms with Crippen LogP contribution in [-0.4, -0.2) is 61.7 Å². The van der Waals surface area contributed by atoms with Crippen molar-refractivity contribution < 1.29 is 32.7 Å². The highest BCUT2D eigenvalue weighted by Gasteiger charge is 2.26. The highest BCUT2D eigenvalue weighted by molar-refractivity contribution is 7.80. The maximum absolute atomic E-state index is 11.7. The molecule has 0 aliphatic carbocycles. The van der Waals surface area contributed by atoms with Crippen LogP contribution in [0, 0.1) is 0 Å². The molecule has 124 valence electrons. The van der Waals surface area contributed by atoms with Gasteiger partial charge in [-0.3, -0.25) is 14.4 Å². The molecule has 0 saturated heterocycles. The van der Waals surface area contributed by atoms with E-state index in [0.717, 1.165) is 0 Å². The minimum absolute atomic E-state index is 0.0479. The van der Waals surface area contributed by atoms with Crippen molar-refractivity contribution in [3.8, 4) is 0 Å². The van der Waals surface area contributed by atoms with E-state index >= 15 is 0 Å². The molecule has 0 unspecified atom stereocenters. The van der Waals surface area contributed by atoms with Crippen LogP contribution in [0.3, 0.4) is 0 Å². The number of carboxylic acids is 2. The average Bonchev–Trinajstić information content (AvgIpc) is 2.41. The van der Waals surface area contributed by atoms with E-state index in [2.05, 4.69) is 48.5 Å². The summed E-state index contributed by atoms with van der Waals surface area (Å²) in [5.41, 5.74) is 0. The predicted octanol–water partition coefficient (Wildman–Crippen LogP) is -1.96. The molecule has 0 aliphatic heterocycles. The van der Waals surface area contributed by atoms with Gasteiger partial charge >= 0.3 is 11.9 Å². The van der Waals surface area contributed by atoms with E-state index in [1.54, 1.807) is 0 Å². The second kappa shape index (κ2) is 10.2. The van der Waals surface area contributed by atoms with Crippen LogP contribution in [0.5, 0.6) is 0 Å². The molecule has 2 amide bonds. The van der Waals surface area contributed by atoms with Crippen molar-refractivity contribution in [2.24, 2.45) is 0 Å². The molecular weight excluding hydrogens is 354 g/mol. The molecular formula is C10H15N3O6S3. The van der Waals surface area contributed by atoms with Crippen LogP contribution in [0.2, 0.25) is 0 Å². The summed E-state index contributed by atoms with van der Waals surface area (Å²) in [6.45, 7) is -0.582. The summed E-state index contributed by atoms with van der Waals surface area (Å²) in [5, 5.41) is 21.7. The Hall–Kier alpha value is -1.53. The van der Waals surface area contributed by atoms with Gasteiger partial charge in [-0.15, -0.1) is 0 Å². The average molecular weight is 369 g/mol. The minimum Gasteiger partial charge on any atom is -0.480 e. The van der Waals surface area contributed by atoms with Gasteiger partial charge < -0.3 is 20.8 Å². The quantitative estimate of drug-likeness (QED) is 0.170. The van der Waals surface area contributed by atoms with E-state index in [9.17, 15) is 19.2 Å². The zero-order valence-electron chi connectivity index (χ0n) is 11.2. The fourth-order valence-electron chi connectivity index (χ4n) is 1.33. The molecule has 12 heteroatoms. The van der Waals surface area contributed by atoms with Crippen LogP contribution in [0.1, 0.15) is 12.8 Å². The van der Waals surface area contributed by atoms with E-state index in [1.165, 1.54) is 0 Å². The van der Waals surface area contributed by atoms with Crippen LogP contribution in [0.4, 0.5) is 0 Å². The molecule has 22 heavy (non-hydrogen) atoms. The van der Waals surface area contributed by atoms with E-state index in [1.807, 2.05) is 0 Å². The molecule has 0 aromatic carbocycles. The summed E-state index contributed by atoms with van der Waals surface area (Å²) >= 11 is 13.0.